The third-order valence-corrected chi connectivity index (χ3v) is 4.30. The predicted molar refractivity (Wildman–Crippen MR) is 108 cm³/mol. The van der Waals surface area contributed by atoms with Gasteiger partial charge in [-0.25, -0.2) is 9.59 Å². The molecular formula is C21H21N3O5. The van der Waals surface area contributed by atoms with Crippen molar-refractivity contribution in [3.05, 3.63) is 60.2 Å². The highest BCUT2D eigenvalue weighted by Crippen LogP contribution is 2.26. The van der Waals surface area contributed by atoms with Gasteiger partial charge in [0.2, 0.25) is 5.91 Å². The molecule has 0 bridgehead atoms. The van der Waals surface area contributed by atoms with Gasteiger partial charge in [-0.05, 0) is 37.3 Å². The van der Waals surface area contributed by atoms with Gasteiger partial charge in [0.25, 0.3) is 0 Å². The molecule has 2 aromatic carbocycles. The first-order chi connectivity index (χ1) is 14.0. The molecule has 1 aliphatic heterocycles. The minimum atomic E-state index is -0.737. The topological polar surface area (TPSA) is 97.3 Å². The number of methoxy groups -OCH3 is 1. The molecule has 0 saturated heterocycles. The van der Waals surface area contributed by atoms with Crippen molar-refractivity contribution in [3.63, 3.8) is 0 Å². The van der Waals surface area contributed by atoms with Crippen LogP contribution in [0.5, 0.6) is 0 Å². The number of nitrogens with one attached hydrogen (secondary N) is 1. The number of para-hydroxylation sites is 1. The number of anilines is 2. The Bertz CT molecular complexity index is 942. The molecule has 0 saturated carbocycles. The van der Waals surface area contributed by atoms with E-state index in [1.165, 1.54) is 18.2 Å². The van der Waals surface area contributed by atoms with E-state index in [-0.39, 0.29) is 24.6 Å². The number of rotatable bonds is 6. The smallest absolute Gasteiger partial charge is 0.354 e. The summed E-state index contributed by atoms with van der Waals surface area (Å²) in [5.74, 6) is -1.41. The Hall–Kier alpha value is -3.68. The van der Waals surface area contributed by atoms with Gasteiger partial charge in [0, 0.05) is 12.1 Å². The number of benzene rings is 2. The van der Waals surface area contributed by atoms with E-state index >= 15 is 0 Å². The summed E-state index contributed by atoms with van der Waals surface area (Å²) >= 11 is 0. The van der Waals surface area contributed by atoms with E-state index in [1.807, 2.05) is 18.2 Å². The standard InChI is InChI=1S/C21H21N3O5/c1-3-29-21(27)17-13-18(24(23-17)16-10-5-4-6-11-16)19(25)22-15-9-7-8-14(12-15)20(26)28-2/h4-12,18H,3,13H2,1-2H3,(H,22,25). The highest BCUT2D eigenvalue weighted by molar-refractivity contribution is 6.38. The second-order valence-corrected chi connectivity index (χ2v) is 6.23. The van der Waals surface area contributed by atoms with Crippen LogP contribution in [-0.2, 0) is 19.1 Å². The first-order valence-electron chi connectivity index (χ1n) is 9.11. The first-order valence-corrected chi connectivity index (χ1v) is 9.11. The van der Waals surface area contributed by atoms with E-state index in [4.69, 9.17) is 9.47 Å². The van der Waals surface area contributed by atoms with Crippen molar-refractivity contribution in [2.75, 3.05) is 24.0 Å². The quantitative estimate of drug-likeness (QED) is 0.755. The second-order valence-electron chi connectivity index (χ2n) is 6.23. The van der Waals surface area contributed by atoms with Crippen molar-refractivity contribution in [2.45, 2.75) is 19.4 Å². The summed E-state index contributed by atoms with van der Waals surface area (Å²) in [5, 5.41) is 8.61. The molecule has 1 heterocycles. The van der Waals surface area contributed by atoms with Gasteiger partial charge in [0.1, 0.15) is 11.8 Å². The minimum Gasteiger partial charge on any atom is -0.465 e. The molecule has 1 atom stereocenters. The number of nitrogens with zero attached hydrogens (tertiary/aromatic N) is 2. The number of hydrogen-bond donors (Lipinski definition) is 1. The maximum Gasteiger partial charge on any atom is 0.354 e. The highest BCUT2D eigenvalue weighted by atomic mass is 16.5. The molecule has 1 aliphatic rings. The van der Waals surface area contributed by atoms with Crippen LogP contribution in [0.4, 0.5) is 11.4 Å². The van der Waals surface area contributed by atoms with E-state index in [2.05, 4.69) is 10.4 Å². The molecule has 1 N–H and O–H groups in total. The van der Waals surface area contributed by atoms with Crippen molar-refractivity contribution in [3.8, 4) is 0 Å². The molecule has 3 rings (SSSR count). The molecule has 0 radical (unpaired) electrons. The van der Waals surface area contributed by atoms with Gasteiger partial charge in [-0.1, -0.05) is 24.3 Å². The Morgan fingerprint density at radius 1 is 1.10 bits per heavy atom. The number of amides is 1. The molecule has 2 aromatic rings. The zero-order valence-corrected chi connectivity index (χ0v) is 16.1. The van der Waals surface area contributed by atoms with Crippen molar-refractivity contribution in [1.29, 1.82) is 0 Å². The molecular weight excluding hydrogens is 374 g/mol. The lowest BCUT2D eigenvalue weighted by atomic mass is 10.1. The molecule has 0 aromatic heterocycles. The third kappa shape index (κ3) is 4.60. The van der Waals surface area contributed by atoms with Crippen molar-refractivity contribution in [2.24, 2.45) is 5.10 Å². The summed E-state index contributed by atoms with van der Waals surface area (Å²) in [4.78, 5) is 36.8. The zero-order valence-electron chi connectivity index (χ0n) is 16.1. The van der Waals surface area contributed by atoms with Crippen molar-refractivity contribution in [1.82, 2.24) is 0 Å². The van der Waals surface area contributed by atoms with Crippen LogP contribution in [0.15, 0.2) is 59.7 Å². The van der Waals surface area contributed by atoms with Crippen molar-refractivity contribution >= 4 is 34.9 Å². The van der Waals surface area contributed by atoms with E-state index in [9.17, 15) is 14.4 Å². The average Bonchev–Trinajstić information content (AvgIpc) is 3.20. The van der Waals surface area contributed by atoms with Gasteiger partial charge in [0.15, 0.2) is 0 Å². The number of ether oxygens (including phenoxy) is 2. The molecule has 0 fully saturated rings. The van der Waals surface area contributed by atoms with Gasteiger partial charge < -0.3 is 14.8 Å². The van der Waals surface area contributed by atoms with Gasteiger partial charge >= 0.3 is 11.9 Å². The van der Waals surface area contributed by atoms with Crippen LogP contribution < -0.4 is 10.3 Å². The highest BCUT2D eigenvalue weighted by Gasteiger charge is 2.36. The van der Waals surface area contributed by atoms with E-state index < -0.39 is 18.0 Å². The number of carbonyl (C=O) groups excluding carboxylic acids is 3. The van der Waals surface area contributed by atoms with Gasteiger partial charge in [-0.2, -0.15) is 5.10 Å². The number of hydrazone groups is 1. The van der Waals surface area contributed by atoms with Crippen LogP contribution in [0.3, 0.4) is 0 Å². The molecule has 8 nitrogen and oxygen atoms in total. The number of carbonyl (C=O) groups is 3. The maximum atomic E-state index is 13.0. The largest absolute Gasteiger partial charge is 0.465 e. The number of hydrogen-bond acceptors (Lipinski definition) is 7. The fourth-order valence-corrected chi connectivity index (χ4v) is 2.94. The zero-order chi connectivity index (χ0) is 20.8. The van der Waals surface area contributed by atoms with Gasteiger partial charge in [-0.15, -0.1) is 0 Å². The Labute approximate surface area is 168 Å². The fourth-order valence-electron chi connectivity index (χ4n) is 2.94. The van der Waals surface area contributed by atoms with Crippen molar-refractivity contribution < 1.29 is 23.9 Å². The average molecular weight is 395 g/mol. The Morgan fingerprint density at radius 3 is 2.55 bits per heavy atom. The summed E-state index contributed by atoms with van der Waals surface area (Å²) < 4.78 is 9.74. The fraction of sp³-hybridized carbons (Fsp3) is 0.238. The maximum absolute atomic E-state index is 13.0. The molecule has 29 heavy (non-hydrogen) atoms. The molecule has 0 aliphatic carbocycles. The van der Waals surface area contributed by atoms with Gasteiger partial charge in [0.05, 0.1) is 25.0 Å². The molecule has 8 heteroatoms. The Balaban J connectivity index is 1.83. The summed E-state index contributed by atoms with van der Waals surface area (Å²) in [6, 6.07) is 14.8. The summed E-state index contributed by atoms with van der Waals surface area (Å²) in [7, 11) is 1.29. The first kappa shape index (κ1) is 20.1. The predicted octanol–water partition coefficient (Wildman–Crippen LogP) is 2.61. The molecule has 1 unspecified atom stereocenters. The van der Waals surface area contributed by atoms with E-state index in [0.29, 0.717) is 16.9 Å². The van der Waals surface area contributed by atoms with Crippen LogP contribution in [0.25, 0.3) is 0 Å². The lowest BCUT2D eigenvalue weighted by molar-refractivity contribution is -0.135. The second kappa shape index (κ2) is 9.01. The number of esters is 2. The van der Waals surface area contributed by atoms with E-state index in [0.717, 1.165) is 0 Å². The lowest BCUT2D eigenvalue weighted by Gasteiger charge is -2.22. The minimum absolute atomic E-state index is 0.107. The van der Waals surface area contributed by atoms with Crippen LogP contribution in [0.1, 0.15) is 23.7 Å². The van der Waals surface area contributed by atoms with Crippen LogP contribution in [-0.4, -0.2) is 43.3 Å². The third-order valence-electron chi connectivity index (χ3n) is 4.30. The Morgan fingerprint density at radius 2 is 1.86 bits per heavy atom. The summed E-state index contributed by atoms with van der Waals surface area (Å²) in [6.07, 6.45) is 0.107. The lowest BCUT2D eigenvalue weighted by Crippen LogP contribution is -2.38. The molecule has 1 amide bonds. The van der Waals surface area contributed by atoms with Gasteiger partial charge in [-0.3, -0.25) is 9.80 Å². The van der Waals surface area contributed by atoms with Crippen LogP contribution >= 0.6 is 0 Å². The van der Waals surface area contributed by atoms with E-state index in [1.54, 1.807) is 37.3 Å². The molecule has 0 spiro atoms. The summed E-state index contributed by atoms with van der Waals surface area (Å²) in [5.41, 5.74) is 1.62. The summed E-state index contributed by atoms with van der Waals surface area (Å²) in [6.45, 7) is 1.93. The Kier molecular flexibility index (Phi) is 6.23. The SMILES string of the molecule is CCOC(=O)C1=NN(c2ccccc2)C(C(=O)Nc2cccc(C(=O)OC)c2)C1. The van der Waals surface area contributed by atoms with Crippen LogP contribution in [0, 0.1) is 0 Å². The van der Waals surface area contributed by atoms with Crippen LogP contribution in [0.2, 0.25) is 0 Å². The molecule has 150 valence electrons. The normalized spacial score (nSPS) is 15.4. The monoisotopic (exact) mass is 395 g/mol.